The summed E-state index contributed by atoms with van der Waals surface area (Å²) in [5.74, 6) is 0.382. The van der Waals surface area contributed by atoms with Gasteiger partial charge >= 0.3 is 10.4 Å². The molecule has 0 saturated carbocycles. The summed E-state index contributed by atoms with van der Waals surface area (Å²) in [4.78, 5) is 6.08. The number of piperidine rings is 1. The average molecular weight is 291 g/mol. The van der Waals surface area contributed by atoms with Crippen LogP contribution in [0, 0.1) is 0 Å². The number of hydrogen-bond donors (Lipinski definition) is 3. The van der Waals surface area contributed by atoms with Gasteiger partial charge in [-0.05, 0) is 25.3 Å². The van der Waals surface area contributed by atoms with Gasteiger partial charge < -0.3 is 16.4 Å². The Balaban J connectivity index is 2.13. The monoisotopic (exact) mass is 291 g/mol. The van der Waals surface area contributed by atoms with Gasteiger partial charge in [-0.15, -0.1) is 4.28 Å². The molecule has 0 spiro atoms. The maximum atomic E-state index is 10.7. The Kier molecular flexibility index (Phi) is 3.94. The first-order chi connectivity index (χ1) is 8.87. The number of nitrogens with zero attached hydrogens (tertiary/aromatic N) is 3. The minimum absolute atomic E-state index is 0.215. The maximum Gasteiger partial charge on any atom is 0.418 e. The van der Waals surface area contributed by atoms with Crippen molar-refractivity contribution in [2.75, 3.05) is 13.1 Å². The summed E-state index contributed by atoms with van der Waals surface area (Å²) >= 11 is 0. The van der Waals surface area contributed by atoms with E-state index in [0.29, 0.717) is 10.9 Å². The predicted molar refractivity (Wildman–Crippen MR) is 67.6 cm³/mol. The molecule has 0 bridgehead atoms. The van der Waals surface area contributed by atoms with Gasteiger partial charge in [-0.25, -0.2) is 0 Å². The van der Waals surface area contributed by atoms with E-state index in [4.69, 9.17) is 16.0 Å². The fourth-order valence-electron chi connectivity index (χ4n) is 2.07. The lowest BCUT2D eigenvalue weighted by molar-refractivity contribution is -0.0133. The maximum absolute atomic E-state index is 10.7. The highest BCUT2D eigenvalue weighted by atomic mass is 32.3. The van der Waals surface area contributed by atoms with Gasteiger partial charge in [-0.3, -0.25) is 4.55 Å². The van der Waals surface area contributed by atoms with Crippen LogP contribution in [0.25, 0.3) is 0 Å². The van der Waals surface area contributed by atoms with Gasteiger partial charge in [0, 0.05) is 13.1 Å². The van der Waals surface area contributed by atoms with E-state index in [9.17, 15) is 8.42 Å². The molecule has 2 rings (SSSR count). The van der Waals surface area contributed by atoms with Crippen LogP contribution in [0.4, 0.5) is 0 Å². The zero-order chi connectivity index (χ0) is 14.0. The Morgan fingerprint density at radius 3 is 2.53 bits per heavy atom. The fraction of sp³-hybridized carbons (Fsp3) is 0.667. The van der Waals surface area contributed by atoms with Crippen LogP contribution in [0.3, 0.4) is 0 Å². The standard InChI is InChI=1S/C9H17N5O4S/c10-7-6-8(13-4-2-1-3-5-13)12-9(11)14(7)18-19(15,16)17/h6-7H,1-5,10H2,(H2,11,12)(H,15,16,17). The molecule has 108 valence electrons. The number of hydrogen-bond acceptors (Lipinski definition) is 8. The zero-order valence-electron chi connectivity index (χ0n) is 10.3. The molecule has 1 unspecified atom stereocenters. The molecular formula is C9H17N5O4S. The van der Waals surface area contributed by atoms with Gasteiger partial charge in [0.25, 0.3) is 0 Å². The van der Waals surface area contributed by atoms with Crippen molar-refractivity contribution in [1.29, 1.82) is 0 Å². The summed E-state index contributed by atoms with van der Waals surface area (Å²) in [6, 6.07) is 0. The molecule has 2 aliphatic heterocycles. The second-order valence-electron chi connectivity index (χ2n) is 4.36. The van der Waals surface area contributed by atoms with Crippen molar-refractivity contribution in [2.45, 2.75) is 25.4 Å². The van der Waals surface area contributed by atoms with Gasteiger partial charge in [0.05, 0.1) is 0 Å². The normalized spacial score (nSPS) is 25.1. The van der Waals surface area contributed by atoms with Crippen molar-refractivity contribution in [3.63, 3.8) is 0 Å². The van der Waals surface area contributed by atoms with Crippen LogP contribution in [-0.2, 0) is 14.7 Å². The van der Waals surface area contributed by atoms with Crippen LogP contribution in [0.15, 0.2) is 16.9 Å². The molecule has 0 aromatic carbocycles. The molecule has 5 N–H and O–H groups in total. The third-order valence-electron chi connectivity index (χ3n) is 2.90. The molecule has 0 amide bonds. The third-order valence-corrected chi connectivity index (χ3v) is 3.25. The summed E-state index contributed by atoms with van der Waals surface area (Å²) in [5.41, 5.74) is 11.3. The van der Waals surface area contributed by atoms with Gasteiger partial charge in [-0.2, -0.15) is 18.5 Å². The number of guanidine groups is 1. The number of aliphatic imine (C=N–C) groups is 1. The summed E-state index contributed by atoms with van der Waals surface area (Å²) in [5, 5.41) is 0.642. The number of hydroxylamine groups is 2. The van der Waals surface area contributed by atoms with E-state index in [0.717, 1.165) is 25.9 Å². The molecule has 19 heavy (non-hydrogen) atoms. The third kappa shape index (κ3) is 3.56. The van der Waals surface area contributed by atoms with E-state index >= 15 is 0 Å². The summed E-state index contributed by atoms with van der Waals surface area (Å²) in [6.07, 6.45) is 3.90. The zero-order valence-corrected chi connectivity index (χ0v) is 11.1. The van der Waals surface area contributed by atoms with E-state index in [2.05, 4.69) is 9.28 Å². The molecule has 9 nitrogen and oxygen atoms in total. The number of rotatable bonds is 3. The second-order valence-corrected chi connectivity index (χ2v) is 5.37. The highest BCUT2D eigenvalue weighted by Crippen LogP contribution is 2.19. The molecule has 0 aromatic heterocycles. The van der Waals surface area contributed by atoms with Crippen molar-refractivity contribution < 1.29 is 17.3 Å². The minimum Gasteiger partial charge on any atom is -0.368 e. The SMILES string of the molecule is NC1=NC(N2CCCCC2)=CC(N)N1OS(=O)(=O)O. The van der Waals surface area contributed by atoms with Crippen LogP contribution in [0.1, 0.15) is 19.3 Å². The van der Waals surface area contributed by atoms with Crippen LogP contribution < -0.4 is 11.5 Å². The van der Waals surface area contributed by atoms with E-state index < -0.39 is 16.6 Å². The molecule has 0 aliphatic carbocycles. The van der Waals surface area contributed by atoms with Crippen molar-refractivity contribution in [1.82, 2.24) is 9.96 Å². The Labute approximate surface area is 111 Å². The second kappa shape index (κ2) is 5.33. The Hall–Kier alpha value is -1.36. The highest BCUT2D eigenvalue weighted by molar-refractivity contribution is 7.80. The van der Waals surface area contributed by atoms with Gasteiger partial charge in [0.2, 0.25) is 5.96 Å². The van der Waals surface area contributed by atoms with E-state index in [1.165, 1.54) is 12.5 Å². The first kappa shape index (κ1) is 14.1. The largest absolute Gasteiger partial charge is 0.418 e. The predicted octanol–water partition coefficient (Wildman–Crippen LogP) is -1.04. The van der Waals surface area contributed by atoms with Gasteiger partial charge in [0.1, 0.15) is 12.0 Å². The Morgan fingerprint density at radius 1 is 1.37 bits per heavy atom. The molecule has 0 aromatic rings. The lowest BCUT2D eigenvalue weighted by atomic mass is 10.1. The van der Waals surface area contributed by atoms with Gasteiger partial charge in [-0.1, -0.05) is 0 Å². The topological polar surface area (TPSA) is 134 Å². The Morgan fingerprint density at radius 2 is 2.00 bits per heavy atom. The van der Waals surface area contributed by atoms with E-state index in [1.807, 2.05) is 4.90 Å². The minimum atomic E-state index is -4.69. The lowest BCUT2D eigenvalue weighted by Gasteiger charge is -2.34. The van der Waals surface area contributed by atoms with Crippen molar-refractivity contribution in [3.05, 3.63) is 11.9 Å². The van der Waals surface area contributed by atoms with Crippen molar-refractivity contribution >= 4 is 16.4 Å². The molecule has 2 aliphatic rings. The lowest BCUT2D eigenvalue weighted by Crippen LogP contribution is -2.52. The number of likely N-dealkylation sites (tertiary alicyclic amines) is 1. The van der Waals surface area contributed by atoms with Crippen LogP contribution in [0.2, 0.25) is 0 Å². The number of nitrogens with two attached hydrogens (primary N) is 2. The molecule has 1 fully saturated rings. The van der Waals surface area contributed by atoms with Crippen LogP contribution >= 0.6 is 0 Å². The van der Waals surface area contributed by atoms with E-state index in [1.54, 1.807) is 0 Å². The molecule has 2 heterocycles. The molecule has 10 heteroatoms. The van der Waals surface area contributed by atoms with Gasteiger partial charge in [0.15, 0.2) is 0 Å². The smallest absolute Gasteiger partial charge is 0.368 e. The van der Waals surface area contributed by atoms with Crippen LogP contribution in [0.5, 0.6) is 0 Å². The quantitative estimate of drug-likeness (QED) is 0.561. The molecule has 1 atom stereocenters. The molecule has 1 saturated heterocycles. The summed E-state index contributed by atoms with van der Waals surface area (Å²) < 4.78 is 34.2. The van der Waals surface area contributed by atoms with Crippen LogP contribution in [-0.4, -0.2) is 48.1 Å². The van der Waals surface area contributed by atoms with Crippen molar-refractivity contribution in [2.24, 2.45) is 16.5 Å². The van der Waals surface area contributed by atoms with E-state index in [-0.39, 0.29) is 5.96 Å². The Bertz CT molecular complexity index is 497. The average Bonchev–Trinajstić information content (AvgIpc) is 2.33. The van der Waals surface area contributed by atoms with Crippen molar-refractivity contribution in [3.8, 4) is 0 Å². The fourth-order valence-corrected chi connectivity index (χ4v) is 2.44. The molecule has 0 radical (unpaired) electrons. The summed E-state index contributed by atoms with van der Waals surface area (Å²) in [6.45, 7) is 1.71. The first-order valence-electron chi connectivity index (χ1n) is 5.89. The summed E-state index contributed by atoms with van der Waals surface area (Å²) in [7, 11) is -4.69. The molecular weight excluding hydrogens is 274 g/mol. The highest BCUT2D eigenvalue weighted by Gasteiger charge is 2.28. The first-order valence-corrected chi connectivity index (χ1v) is 7.26.